The Morgan fingerprint density at radius 1 is 0.479 bits per heavy atom. The zero-order chi connectivity index (χ0) is 53.6. The standard InChI is InChI=1S/C63H121N2O7P/c1-7-10-13-16-19-22-25-27-29-31-32-34-36-38-41-44-47-50-53-56-63(67)72-61(54-51-48-45-42-39-24-21-18-15-12-9-3)60(59-71-73(68,69)70-58-57-65(4,5)6)64-62(66)55-52-49-46-43-40-37-35-33-30-28-26-23-20-17-14-11-8-2/h20,23,28,30,51,54,60-61H,7-19,21-22,24-27,29,31-50,52-53,55-59H2,1-6H3,(H-,64,66,68,69)/p+1/b23-20-,30-28-,54-51+. The molecule has 2 N–H and O–H groups in total. The number of allylic oxidation sites excluding steroid dienone is 5. The molecule has 9 nitrogen and oxygen atoms in total. The molecule has 0 spiro atoms. The summed E-state index contributed by atoms with van der Waals surface area (Å²) in [6.07, 6.45) is 64.2. The summed E-state index contributed by atoms with van der Waals surface area (Å²) < 4.78 is 30.7. The molecule has 0 aromatic rings. The molecule has 0 radical (unpaired) electrons. The minimum atomic E-state index is -4.44. The summed E-state index contributed by atoms with van der Waals surface area (Å²) in [5.41, 5.74) is 0. The number of unbranched alkanes of at least 4 members (excludes halogenated alkanes) is 37. The molecule has 0 heterocycles. The topological polar surface area (TPSA) is 111 Å². The van der Waals surface area contributed by atoms with Crippen molar-refractivity contribution < 1.29 is 37.3 Å². The summed E-state index contributed by atoms with van der Waals surface area (Å²) in [4.78, 5) is 37.7. The number of nitrogens with one attached hydrogen (secondary N) is 1. The van der Waals surface area contributed by atoms with Crippen LogP contribution in [0.5, 0.6) is 0 Å². The molecule has 0 rings (SSSR count). The van der Waals surface area contributed by atoms with E-state index in [0.717, 1.165) is 77.0 Å². The molecule has 0 fully saturated rings. The minimum absolute atomic E-state index is 0.0406. The largest absolute Gasteiger partial charge is 0.472 e. The lowest BCUT2D eigenvalue weighted by atomic mass is 10.0. The summed E-state index contributed by atoms with van der Waals surface area (Å²) in [5.74, 6) is -0.501. The van der Waals surface area contributed by atoms with Crippen LogP contribution in [0.4, 0.5) is 0 Å². The van der Waals surface area contributed by atoms with Gasteiger partial charge in [-0.1, -0.05) is 263 Å². The van der Waals surface area contributed by atoms with Crippen molar-refractivity contribution in [3.05, 3.63) is 36.5 Å². The Hall–Kier alpha value is -1.77. The number of likely N-dealkylation sites (N-methyl/N-ethyl adjacent to an activating group) is 1. The third-order valence-corrected chi connectivity index (χ3v) is 15.1. The van der Waals surface area contributed by atoms with E-state index in [9.17, 15) is 19.0 Å². The number of phosphoric ester groups is 1. The van der Waals surface area contributed by atoms with Gasteiger partial charge in [-0.2, -0.15) is 0 Å². The van der Waals surface area contributed by atoms with Gasteiger partial charge in [0, 0.05) is 12.8 Å². The van der Waals surface area contributed by atoms with Crippen molar-refractivity contribution in [2.24, 2.45) is 0 Å². The van der Waals surface area contributed by atoms with E-state index in [1.165, 1.54) is 193 Å². The van der Waals surface area contributed by atoms with E-state index < -0.39 is 20.0 Å². The highest BCUT2D eigenvalue weighted by Crippen LogP contribution is 2.43. The molecule has 3 atom stereocenters. The summed E-state index contributed by atoms with van der Waals surface area (Å²) in [5, 5.41) is 3.05. The van der Waals surface area contributed by atoms with Gasteiger partial charge in [-0.25, -0.2) is 4.57 Å². The van der Waals surface area contributed by atoms with Gasteiger partial charge >= 0.3 is 13.8 Å². The van der Waals surface area contributed by atoms with Crippen LogP contribution in [-0.2, 0) is 27.9 Å². The van der Waals surface area contributed by atoms with Gasteiger partial charge < -0.3 is 19.4 Å². The van der Waals surface area contributed by atoms with Crippen LogP contribution < -0.4 is 5.32 Å². The van der Waals surface area contributed by atoms with Gasteiger partial charge in [-0.15, -0.1) is 0 Å². The second-order valence-corrected chi connectivity index (χ2v) is 24.0. The molecule has 0 aromatic heterocycles. The van der Waals surface area contributed by atoms with Crippen LogP contribution in [0.2, 0.25) is 0 Å². The molecular weight excluding hydrogens is 928 g/mol. The molecule has 3 unspecified atom stereocenters. The maximum atomic E-state index is 13.5. The first-order valence-electron chi connectivity index (χ1n) is 31.3. The first kappa shape index (κ1) is 71.2. The molecule has 10 heteroatoms. The summed E-state index contributed by atoms with van der Waals surface area (Å²) in [6.45, 7) is 7.01. The Morgan fingerprint density at radius 2 is 0.836 bits per heavy atom. The summed E-state index contributed by atoms with van der Waals surface area (Å²) in [7, 11) is 1.50. The number of hydrogen-bond donors (Lipinski definition) is 2. The number of carbonyl (C=O) groups is 2. The van der Waals surface area contributed by atoms with Crippen molar-refractivity contribution in [3.8, 4) is 0 Å². The fraction of sp³-hybridized carbons (Fsp3) is 0.873. The second-order valence-electron chi connectivity index (χ2n) is 22.6. The van der Waals surface area contributed by atoms with Crippen molar-refractivity contribution >= 4 is 19.7 Å². The van der Waals surface area contributed by atoms with Crippen molar-refractivity contribution in [2.75, 3.05) is 40.9 Å². The molecule has 1 amide bonds. The zero-order valence-electron chi connectivity index (χ0n) is 49.1. The van der Waals surface area contributed by atoms with Crippen molar-refractivity contribution in [1.29, 1.82) is 0 Å². The number of carbonyl (C=O) groups excluding carboxylic acids is 2. The highest BCUT2D eigenvalue weighted by Gasteiger charge is 2.30. The van der Waals surface area contributed by atoms with E-state index in [-0.39, 0.29) is 25.1 Å². The Bertz CT molecular complexity index is 1350. The molecule has 73 heavy (non-hydrogen) atoms. The number of phosphoric acid groups is 1. The molecule has 430 valence electrons. The lowest BCUT2D eigenvalue weighted by Gasteiger charge is -2.27. The molecule has 0 saturated carbocycles. The van der Waals surface area contributed by atoms with E-state index in [0.29, 0.717) is 23.9 Å². The average Bonchev–Trinajstić information content (AvgIpc) is 3.35. The van der Waals surface area contributed by atoms with Gasteiger partial charge in [0.05, 0.1) is 33.8 Å². The third-order valence-electron chi connectivity index (χ3n) is 14.1. The van der Waals surface area contributed by atoms with Gasteiger partial charge in [0.2, 0.25) is 5.91 Å². The Morgan fingerprint density at radius 3 is 1.26 bits per heavy atom. The molecule has 0 aromatic carbocycles. The van der Waals surface area contributed by atoms with E-state index in [2.05, 4.69) is 50.4 Å². The van der Waals surface area contributed by atoms with Gasteiger partial charge in [0.15, 0.2) is 0 Å². The predicted molar refractivity (Wildman–Crippen MR) is 314 cm³/mol. The monoisotopic (exact) mass is 1050 g/mol. The van der Waals surface area contributed by atoms with Crippen LogP contribution >= 0.6 is 7.82 Å². The van der Waals surface area contributed by atoms with E-state index in [1.54, 1.807) is 0 Å². The van der Waals surface area contributed by atoms with Crippen molar-refractivity contribution in [2.45, 2.75) is 315 Å². The number of ether oxygens (including phenoxy) is 1. The van der Waals surface area contributed by atoms with Gasteiger partial charge in [-0.05, 0) is 63.9 Å². The fourth-order valence-corrected chi connectivity index (χ4v) is 9.94. The normalized spacial score (nSPS) is 13.9. The van der Waals surface area contributed by atoms with Crippen molar-refractivity contribution in [3.63, 3.8) is 0 Å². The Kier molecular flexibility index (Phi) is 52.3. The summed E-state index contributed by atoms with van der Waals surface area (Å²) >= 11 is 0. The molecule has 0 aliphatic carbocycles. The van der Waals surface area contributed by atoms with Gasteiger partial charge in [0.25, 0.3) is 0 Å². The maximum absolute atomic E-state index is 13.5. The van der Waals surface area contributed by atoms with E-state index >= 15 is 0 Å². The molecule has 0 bridgehead atoms. The van der Waals surface area contributed by atoms with Crippen LogP contribution in [-0.4, -0.2) is 74.3 Å². The number of rotatable bonds is 57. The number of nitrogens with zero attached hydrogens (tertiary/aromatic N) is 1. The smallest absolute Gasteiger partial charge is 0.456 e. The SMILES string of the molecule is CCCCC/C=C\C/C=C\CCCCCCCCCC(=O)NC(COP(=O)(O)OCC[N+](C)(C)C)C(/C=C/CCCCCCCCCCC)OC(=O)CCCCCCCCCCCCCCCCCCCCC. The van der Waals surface area contributed by atoms with E-state index in [4.69, 9.17) is 13.8 Å². The Labute approximate surface area is 453 Å². The summed E-state index contributed by atoms with van der Waals surface area (Å²) in [6, 6.07) is -0.848. The number of amides is 1. The van der Waals surface area contributed by atoms with Crippen LogP contribution in [0.1, 0.15) is 303 Å². The minimum Gasteiger partial charge on any atom is -0.456 e. The van der Waals surface area contributed by atoms with Crippen molar-refractivity contribution in [1.82, 2.24) is 5.32 Å². The lowest BCUT2D eigenvalue weighted by molar-refractivity contribution is -0.870. The second kappa shape index (κ2) is 53.6. The molecule has 0 saturated heterocycles. The first-order valence-corrected chi connectivity index (χ1v) is 32.8. The van der Waals surface area contributed by atoms with E-state index in [1.807, 2.05) is 33.3 Å². The van der Waals surface area contributed by atoms with Gasteiger partial charge in [0.1, 0.15) is 19.3 Å². The number of hydrogen-bond acceptors (Lipinski definition) is 6. The number of quaternary nitrogens is 1. The fourth-order valence-electron chi connectivity index (χ4n) is 9.21. The molecule has 0 aliphatic heterocycles. The average molecular weight is 1050 g/mol. The van der Waals surface area contributed by atoms with Crippen LogP contribution in [0, 0.1) is 0 Å². The van der Waals surface area contributed by atoms with Crippen LogP contribution in [0.3, 0.4) is 0 Å². The predicted octanol–water partition coefficient (Wildman–Crippen LogP) is 19.1. The van der Waals surface area contributed by atoms with Crippen LogP contribution in [0.25, 0.3) is 0 Å². The highest BCUT2D eigenvalue weighted by molar-refractivity contribution is 7.47. The first-order chi connectivity index (χ1) is 35.4. The lowest BCUT2D eigenvalue weighted by Crippen LogP contribution is -2.47. The quantitative estimate of drug-likeness (QED) is 0.0205. The molecular formula is C63H122N2O7P+. The molecule has 0 aliphatic rings. The number of esters is 1. The van der Waals surface area contributed by atoms with Gasteiger partial charge in [-0.3, -0.25) is 18.6 Å². The van der Waals surface area contributed by atoms with Crippen LogP contribution in [0.15, 0.2) is 36.5 Å². The maximum Gasteiger partial charge on any atom is 0.472 e. The zero-order valence-corrected chi connectivity index (χ0v) is 50.0. The third kappa shape index (κ3) is 54.8. The Balaban J connectivity index is 5.19. The highest BCUT2D eigenvalue weighted by atomic mass is 31.2.